The number of nitrogens with zero attached hydrogens (tertiary/aromatic N) is 1. The zero-order valence-electron chi connectivity index (χ0n) is 15.6. The van der Waals surface area contributed by atoms with Gasteiger partial charge in [0.15, 0.2) is 0 Å². The van der Waals surface area contributed by atoms with Crippen LogP contribution in [0.5, 0.6) is 0 Å². The first-order chi connectivity index (χ1) is 10.1. The monoisotopic (exact) mass is 313 g/mol. The predicted octanol–water partition coefficient (Wildman–Crippen LogP) is 3.57. The van der Waals surface area contributed by atoms with Crippen molar-refractivity contribution >= 4 is 0 Å². The van der Waals surface area contributed by atoms with Crippen molar-refractivity contribution in [3.8, 4) is 0 Å². The van der Waals surface area contributed by atoms with Gasteiger partial charge in [-0.25, -0.2) is 0 Å². The molecule has 0 saturated carbocycles. The summed E-state index contributed by atoms with van der Waals surface area (Å²) in [4.78, 5) is 2.12. The molecule has 0 fully saturated rings. The van der Waals surface area contributed by atoms with Gasteiger partial charge in [-0.1, -0.05) is 26.8 Å². The molecule has 0 saturated heterocycles. The fourth-order valence-electron chi connectivity index (χ4n) is 1.91. The minimum Gasteiger partial charge on any atom is -0.493 e. The summed E-state index contributed by atoms with van der Waals surface area (Å²) in [5.74, 6) is 0.910. The first-order valence-corrected chi connectivity index (χ1v) is 7.94. The lowest BCUT2D eigenvalue weighted by Crippen LogP contribution is -2.43. The summed E-state index contributed by atoms with van der Waals surface area (Å²) in [5.41, 5.74) is 1.27. The highest BCUT2D eigenvalue weighted by Crippen LogP contribution is 2.19. The maximum absolute atomic E-state index is 9.37. The van der Waals surface area contributed by atoms with Crippen LogP contribution in [-0.4, -0.2) is 49.5 Å². The lowest BCUT2D eigenvalue weighted by molar-refractivity contribution is -0.00258. The van der Waals surface area contributed by atoms with Gasteiger partial charge in [0.05, 0.1) is 18.4 Å². The van der Waals surface area contributed by atoms with Crippen LogP contribution in [0, 0.1) is 5.41 Å². The highest BCUT2D eigenvalue weighted by Gasteiger charge is 2.26. The second kappa shape index (κ2) is 9.90. The van der Waals surface area contributed by atoms with Crippen molar-refractivity contribution in [3.05, 3.63) is 23.6 Å². The smallest absolute Gasteiger partial charge is 0.123 e. The maximum Gasteiger partial charge on any atom is 0.123 e. The average molecular weight is 313 g/mol. The molecule has 0 heterocycles. The third kappa shape index (κ3) is 8.44. The molecular formula is C18H35NO3. The number of aliphatic hydroxyl groups excluding tert-OH is 1. The van der Waals surface area contributed by atoms with E-state index in [0.29, 0.717) is 13.0 Å². The lowest BCUT2D eigenvalue weighted by atomic mass is 9.97. The highest BCUT2D eigenvalue weighted by molar-refractivity contribution is 5.01. The molecule has 2 atom stereocenters. The minimum absolute atomic E-state index is 0.0463. The van der Waals surface area contributed by atoms with Crippen LogP contribution in [0.1, 0.15) is 48.0 Å². The molecule has 0 rings (SSSR count). The van der Waals surface area contributed by atoms with E-state index < -0.39 is 0 Å². The molecule has 22 heavy (non-hydrogen) atoms. The van der Waals surface area contributed by atoms with Crippen molar-refractivity contribution in [1.29, 1.82) is 0 Å². The molecule has 0 spiro atoms. The topological polar surface area (TPSA) is 41.9 Å². The van der Waals surface area contributed by atoms with Crippen molar-refractivity contribution in [1.82, 2.24) is 4.90 Å². The molecule has 0 aliphatic carbocycles. The van der Waals surface area contributed by atoms with E-state index in [-0.39, 0.29) is 24.2 Å². The molecule has 0 aromatic carbocycles. The van der Waals surface area contributed by atoms with E-state index in [9.17, 15) is 5.11 Å². The first kappa shape index (κ1) is 21.0. The molecule has 0 aliphatic heterocycles. The number of hydrogen-bond acceptors (Lipinski definition) is 4. The molecule has 0 aliphatic rings. The molecule has 0 amide bonds. The van der Waals surface area contributed by atoms with Crippen molar-refractivity contribution in [2.75, 3.05) is 27.4 Å². The van der Waals surface area contributed by atoms with Crippen LogP contribution in [-0.2, 0) is 9.47 Å². The Morgan fingerprint density at radius 1 is 1.23 bits per heavy atom. The van der Waals surface area contributed by atoms with E-state index in [4.69, 9.17) is 9.47 Å². The Balaban J connectivity index is 5.19. The Labute approximate surface area is 136 Å². The van der Waals surface area contributed by atoms with Gasteiger partial charge in [-0.3, -0.25) is 0 Å². The standard InChI is InChI=1S/C18H35NO3/c1-14(2)15(3)22-17(9-12-20)16(13-21-8)19(7)11-10-18(4,5)6/h10-11,16-17,20H,9,12-13H2,1-8H3/b11-10+. The van der Waals surface area contributed by atoms with Gasteiger partial charge in [0.2, 0.25) is 0 Å². The lowest BCUT2D eigenvalue weighted by Gasteiger charge is -2.34. The van der Waals surface area contributed by atoms with E-state index in [1.807, 2.05) is 27.8 Å². The number of allylic oxidation sites excluding steroid dienone is 3. The summed E-state index contributed by atoms with van der Waals surface area (Å²) < 4.78 is 11.5. The second-order valence-corrected chi connectivity index (χ2v) is 7.09. The second-order valence-electron chi connectivity index (χ2n) is 7.09. The van der Waals surface area contributed by atoms with E-state index in [1.54, 1.807) is 7.11 Å². The third-order valence-electron chi connectivity index (χ3n) is 3.55. The quantitative estimate of drug-likeness (QED) is 0.661. The zero-order chi connectivity index (χ0) is 17.3. The van der Waals surface area contributed by atoms with Crippen molar-refractivity contribution in [2.24, 2.45) is 5.41 Å². The van der Waals surface area contributed by atoms with Crippen LogP contribution in [0.4, 0.5) is 0 Å². The van der Waals surface area contributed by atoms with Crippen LogP contribution in [0.25, 0.3) is 0 Å². The Morgan fingerprint density at radius 3 is 2.23 bits per heavy atom. The van der Waals surface area contributed by atoms with Gasteiger partial charge in [0.25, 0.3) is 0 Å². The first-order valence-electron chi connectivity index (χ1n) is 7.94. The van der Waals surface area contributed by atoms with Crippen molar-refractivity contribution in [3.63, 3.8) is 0 Å². The fourth-order valence-corrected chi connectivity index (χ4v) is 1.91. The van der Waals surface area contributed by atoms with E-state index in [1.165, 1.54) is 0 Å². The summed E-state index contributed by atoms with van der Waals surface area (Å²) in [5, 5.41) is 9.37. The number of ether oxygens (including phenoxy) is 2. The number of hydrogen-bond donors (Lipinski definition) is 1. The molecule has 0 radical (unpaired) electrons. The Hall–Kier alpha value is -1.00. The fraction of sp³-hybridized carbons (Fsp3) is 0.778. The van der Waals surface area contributed by atoms with Crippen molar-refractivity contribution < 1.29 is 14.6 Å². The van der Waals surface area contributed by atoms with Crippen LogP contribution in [0.2, 0.25) is 0 Å². The Morgan fingerprint density at radius 2 is 1.82 bits per heavy atom. The third-order valence-corrected chi connectivity index (χ3v) is 3.55. The van der Waals surface area contributed by atoms with Gasteiger partial charge in [-0.05, 0) is 38.0 Å². The van der Waals surface area contributed by atoms with Crippen LogP contribution in [0.3, 0.4) is 0 Å². The van der Waals surface area contributed by atoms with Gasteiger partial charge in [-0.2, -0.15) is 0 Å². The highest BCUT2D eigenvalue weighted by atomic mass is 16.5. The van der Waals surface area contributed by atoms with Crippen LogP contribution in [0.15, 0.2) is 23.6 Å². The van der Waals surface area contributed by atoms with E-state index in [2.05, 4.69) is 37.9 Å². The van der Waals surface area contributed by atoms with Crippen molar-refractivity contribution in [2.45, 2.75) is 60.1 Å². The summed E-state index contributed by atoms with van der Waals surface area (Å²) in [7, 11) is 3.72. The molecule has 0 bridgehead atoms. The molecule has 0 aromatic rings. The molecule has 130 valence electrons. The number of methoxy groups -OCH3 is 1. The van der Waals surface area contributed by atoms with Gasteiger partial charge in [0, 0.05) is 27.2 Å². The number of likely N-dealkylation sites (N-methyl/N-ethyl adjacent to an activating group) is 1. The van der Waals surface area contributed by atoms with Crippen LogP contribution >= 0.6 is 0 Å². The molecule has 2 unspecified atom stereocenters. The summed E-state index contributed by atoms with van der Waals surface area (Å²) in [6.45, 7) is 13.2. The summed E-state index contributed by atoms with van der Waals surface area (Å²) in [6.07, 6.45) is 4.70. The zero-order valence-corrected chi connectivity index (χ0v) is 15.6. The van der Waals surface area contributed by atoms with Gasteiger partial charge in [-0.15, -0.1) is 0 Å². The molecule has 0 aromatic heterocycles. The normalized spacial score (nSPS) is 14.8. The molecular weight excluding hydrogens is 278 g/mol. The number of rotatable bonds is 9. The maximum atomic E-state index is 9.37. The Bertz CT molecular complexity index is 365. The summed E-state index contributed by atoms with van der Waals surface area (Å²) in [6, 6.07) is 0.0463. The average Bonchev–Trinajstić information content (AvgIpc) is 2.40. The minimum atomic E-state index is -0.116. The van der Waals surface area contributed by atoms with E-state index in [0.717, 1.165) is 11.3 Å². The summed E-state index contributed by atoms with van der Waals surface area (Å²) >= 11 is 0. The molecule has 4 nitrogen and oxygen atoms in total. The predicted molar refractivity (Wildman–Crippen MR) is 92.6 cm³/mol. The van der Waals surface area contributed by atoms with Gasteiger partial charge < -0.3 is 19.5 Å². The Kier molecular flexibility index (Phi) is 9.45. The largest absolute Gasteiger partial charge is 0.493 e. The van der Waals surface area contributed by atoms with E-state index >= 15 is 0 Å². The molecule has 1 N–H and O–H groups in total. The van der Waals surface area contributed by atoms with Crippen LogP contribution < -0.4 is 0 Å². The van der Waals surface area contributed by atoms with Gasteiger partial charge in [0.1, 0.15) is 6.10 Å². The van der Waals surface area contributed by atoms with Gasteiger partial charge >= 0.3 is 0 Å². The molecule has 4 heteroatoms. The number of aliphatic hydroxyl groups is 1. The SMILES string of the molecule is COCC(C(CCO)OC(C)=C(C)C)N(C)/C=C/C(C)(C)C.